The van der Waals surface area contributed by atoms with Gasteiger partial charge in [0.25, 0.3) is 0 Å². The van der Waals surface area contributed by atoms with E-state index in [0.29, 0.717) is 17.9 Å². The van der Waals surface area contributed by atoms with Crippen LogP contribution in [0.25, 0.3) is 0 Å². The first kappa shape index (κ1) is 18.5. The highest BCUT2D eigenvalue weighted by Crippen LogP contribution is 2.32. The average Bonchev–Trinajstić information content (AvgIpc) is 3.19. The summed E-state index contributed by atoms with van der Waals surface area (Å²) in [4.78, 5) is 11.4. The molecule has 6 heteroatoms. The fourth-order valence-electron chi connectivity index (χ4n) is 4.42. The standard InChI is InChI=1S/C21H28FN5/c1-2-20-23-9-6-18(25-20)14-27-10-7-15(8-11-27)21-19(13-24-26-21)16-4-3-5-17(22)12-16/h3-6,9,12,15,19,21,24,26H,2,7-8,10-11,13-14H2,1H3. The quantitative estimate of drug-likeness (QED) is 0.849. The second-order valence-electron chi connectivity index (χ2n) is 7.64. The molecule has 3 heterocycles. The van der Waals surface area contributed by atoms with Gasteiger partial charge in [0.1, 0.15) is 11.6 Å². The minimum absolute atomic E-state index is 0.149. The third-order valence-electron chi connectivity index (χ3n) is 5.91. The van der Waals surface area contributed by atoms with Crippen LogP contribution >= 0.6 is 0 Å². The first-order chi connectivity index (χ1) is 13.2. The highest BCUT2D eigenvalue weighted by atomic mass is 19.1. The van der Waals surface area contributed by atoms with Gasteiger partial charge in [-0.25, -0.2) is 14.4 Å². The Bertz CT molecular complexity index is 760. The van der Waals surface area contributed by atoms with Gasteiger partial charge in [0.2, 0.25) is 0 Å². The second-order valence-corrected chi connectivity index (χ2v) is 7.64. The number of hydrogen-bond donors (Lipinski definition) is 2. The van der Waals surface area contributed by atoms with E-state index in [9.17, 15) is 4.39 Å². The summed E-state index contributed by atoms with van der Waals surface area (Å²) in [6.07, 6.45) is 5.04. The van der Waals surface area contributed by atoms with Crippen molar-refractivity contribution in [3.8, 4) is 0 Å². The molecule has 4 rings (SSSR count). The fraction of sp³-hybridized carbons (Fsp3) is 0.524. The van der Waals surface area contributed by atoms with Crippen LogP contribution in [0.5, 0.6) is 0 Å². The number of piperidine rings is 1. The van der Waals surface area contributed by atoms with E-state index in [2.05, 4.69) is 32.6 Å². The van der Waals surface area contributed by atoms with Crippen LogP contribution in [0, 0.1) is 11.7 Å². The Morgan fingerprint density at radius 3 is 2.85 bits per heavy atom. The second kappa shape index (κ2) is 8.42. The molecule has 2 aliphatic rings. The van der Waals surface area contributed by atoms with E-state index < -0.39 is 0 Å². The molecule has 0 amide bonds. The predicted molar refractivity (Wildman–Crippen MR) is 103 cm³/mol. The number of benzene rings is 1. The van der Waals surface area contributed by atoms with Crippen LogP contribution in [0.2, 0.25) is 0 Å². The number of nitrogens with zero attached hydrogens (tertiary/aromatic N) is 3. The Hall–Kier alpha value is -1.89. The third-order valence-corrected chi connectivity index (χ3v) is 5.91. The van der Waals surface area contributed by atoms with Gasteiger partial charge in [-0.15, -0.1) is 0 Å². The zero-order chi connectivity index (χ0) is 18.6. The number of hydrazine groups is 1. The van der Waals surface area contributed by atoms with Crippen molar-refractivity contribution in [2.75, 3.05) is 19.6 Å². The van der Waals surface area contributed by atoms with Crippen LogP contribution in [0.3, 0.4) is 0 Å². The van der Waals surface area contributed by atoms with Crippen molar-refractivity contribution in [3.05, 3.63) is 59.4 Å². The van der Waals surface area contributed by atoms with Gasteiger partial charge in [-0.2, -0.15) is 0 Å². The highest BCUT2D eigenvalue weighted by Gasteiger charge is 2.36. The Morgan fingerprint density at radius 1 is 1.22 bits per heavy atom. The van der Waals surface area contributed by atoms with Crippen molar-refractivity contribution in [1.29, 1.82) is 0 Å². The lowest BCUT2D eigenvalue weighted by atomic mass is 9.80. The van der Waals surface area contributed by atoms with Crippen LogP contribution < -0.4 is 10.9 Å². The van der Waals surface area contributed by atoms with Crippen molar-refractivity contribution in [3.63, 3.8) is 0 Å². The van der Waals surface area contributed by atoms with Crippen molar-refractivity contribution in [2.45, 2.75) is 44.7 Å². The normalized spacial score (nSPS) is 24.4. The molecule has 144 valence electrons. The first-order valence-electron chi connectivity index (χ1n) is 10.00. The lowest BCUT2D eigenvalue weighted by molar-refractivity contribution is 0.150. The van der Waals surface area contributed by atoms with Gasteiger partial charge in [-0.05, 0) is 55.6 Å². The number of nitrogens with one attached hydrogen (secondary N) is 2. The molecule has 0 saturated carbocycles. The molecule has 1 aromatic heterocycles. The van der Waals surface area contributed by atoms with Gasteiger partial charge in [0.15, 0.2) is 0 Å². The van der Waals surface area contributed by atoms with E-state index in [1.807, 2.05) is 24.4 Å². The van der Waals surface area contributed by atoms with Gasteiger partial charge in [0, 0.05) is 37.7 Å². The lowest BCUT2D eigenvalue weighted by Crippen LogP contribution is -2.44. The molecular formula is C21H28FN5. The number of hydrogen-bond acceptors (Lipinski definition) is 5. The monoisotopic (exact) mass is 369 g/mol. The van der Waals surface area contributed by atoms with Crippen LogP contribution in [0.15, 0.2) is 36.5 Å². The molecule has 0 spiro atoms. The zero-order valence-corrected chi connectivity index (χ0v) is 15.9. The zero-order valence-electron chi connectivity index (χ0n) is 15.9. The van der Waals surface area contributed by atoms with Crippen molar-refractivity contribution >= 4 is 0 Å². The highest BCUT2D eigenvalue weighted by molar-refractivity contribution is 5.24. The maximum Gasteiger partial charge on any atom is 0.128 e. The molecule has 0 bridgehead atoms. The van der Waals surface area contributed by atoms with E-state index in [1.54, 1.807) is 6.07 Å². The van der Waals surface area contributed by atoms with Crippen LogP contribution in [-0.2, 0) is 13.0 Å². The molecule has 1 aromatic carbocycles. The number of aromatic nitrogens is 2. The number of halogens is 1. The summed E-state index contributed by atoms with van der Waals surface area (Å²) in [6, 6.07) is 9.44. The smallest absolute Gasteiger partial charge is 0.128 e. The fourth-order valence-corrected chi connectivity index (χ4v) is 4.42. The predicted octanol–water partition coefficient (Wildman–Crippen LogP) is 2.65. The Balaban J connectivity index is 1.35. The van der Waals surface area contributed by atoms with Crippen LogP contribution in [0.1, 0.15) is 42.8 Å². The Labute approximate surface area is 160 Å². The summed E-state index contributed by atoms with van der Waals surface area (Å²) in [5, 5.41) is 0. The van der Waals surface area contributed by atoms with Gasteiger partial charge >= 0.3 is 0 Å². The minimum atomic E-state index is -0.149. The summed E-state index contributed by atoms with van der Waals surface area (Å²) in [6.45, 7) is 5.98. The Kier molecular flexibility index (Phi) is 5.76. The summed E-state index contributed by atoms with van der Waals surface area (Å²) >= 11 is 0. The van der Waals surface area contributed by atoms with Crippen LogP contribution in [-0.4, -0.2) is 40.5 Å². The van der Waals surface area contributed by atoms with Gasteiger partial charge in [-0.1, -0.05) is 19.1 Å². The number of aryl methyl sites for hydroxylation is 1. The summed E-state index contributed by atoms with van der Waals surface area (Å²) in [5.74, 6) is 1.69. The largest absolute Gasteiger partial charge is 0.297 e. The maximum absolute atomic E-state index is 13.6. The molecule has 2 unspecified atom stereocenters. The van der Waals surface area contributed by atoms with E-state index in [-0.39, 0.29) is 5.82 Å². The van der Waals surface area contributed by atoms with E-state index in [1.165, 1.54) is 6.07 Å². The minimum Gasteiger partial charge on any atom is -0.297 e. The molecule has 5 nitrogen and oxygen atoms in total. The molecule has 2 aliphatic heterocycles. The van der Waals surface area contributed by atoms with Gasteiger partial charge in [0.05, 0.1) is 5.69 Å². The Morgan fingerprint density at radius 2 is 2.07 bits per heavy atom. The summed E-state index contributed by atoms with van der Waals surface area (Å²) in [7, 11) is 0. The van der Waals surface area contributed by atoms with E-state index >= 15 is 0 Å². The molecule has 2 saturated heterocycles. The van der Waals surface area contributed by atoms with Gasteiger partial charge < -0.3 is 0 Å². The molecule has 2 fully saturated rings. The van der Waals surface area contributed by atoms with Crippen molar-refractivity contribution < 1.29 is 4.39 Å². The molecule has 0 aliphatic carbocycles. The average molecular weight is 369 g/mol. The van der Waals surface area contributed by atoms with Gasteiger partial charge in [-0.3, -0.25) is 15.8 Å². The van der Waals surface area contributed by atoms with E-state index in [0.717, 1.165) is 62.5 Å². The first-order valence-corrected chi connectivity index (χ1v) is 10.00. The molecule has 2 atom stereocenters. The van der Waals surface area contributed by atoms with E-state index in [4.69, 9.17) is 0 Å². The molecule has 27 heavy (non-hydrogen) atoms. The van der Waals surface area contributed by atoms with Crippen molar-refractivity contribution in [2.24, 2.45) is 5.92 Å². The molecule has 2 N–H and O–H groups in total. The SMILES string of the molecule is CCc1nccc(CN2CCC(C3NNCC3c3cccc(F)c3)CC2)n1. The summed E-state index contributed by atoms with van der Waals surface area (Å²) < 4.78 is 13.6. The third kappa shape index (κ3) is 4.34. The molecule has 0 radical (unpaired) electrons. The maximum atomic E-state index is 13.6. The number of likely N-dealkylation sites (tertiary alicyclic amines) is 1. The lowest BCUT2D eigenvalue weighted by Gasteiger charge is -2.36. The summed E-state index contributed by atoms with van der Waals surface area (Å²) in [5.41, 5.74) is 8.96. The topological polar surface area (TPSA) is 53.1 Å². The molecular weight excluding hydrogens is 341 g/mol. The molecule has 2 aromatic rings. The van der Waals surface area contributed by atoms with Crippen molar-refractivity contribution in [1.82, 2.24) is 25.7 Å². The number of rotatable bonds is 5. The van der Waals surface area contributed by atoms with Crippen LogP contribution in [0.4, 0.5) is 4.39 Å².